The summed E-state index contributed by atoms with van der Waals surface area (Å²) in [6, 6.07) is 6.23. The summed E-state index contributed by atoms with van der Waals surface area (Å²) in [5, 5.41) is 22.6. The maximum atomic E-state index is 13.1. The summed E-state index contributed by atoms with van der Waals surface area (Å²) < 4.78 is 19.2. The van der Waals surface area contributed by atoms with E-state index in [4.69, 9.17) is 4.74 Å². The number of carboxylic acids is 1. The average molecular weight is 413 g/mol. The van der Waals surface area contributed by atoms with Crippen LogP contribution >= 0.6 is 0 Å². The van der Waals surface area contributed by atoms with Crippen molar-refractivity contribution in [3.8, 4) is 6.19 Å². The number of carboxylic acid groups (broad SMARTS) is 1. The number of amidine groups is 1. The lowest BCUT2D eigenvalue weighted by Gasteiger charge is -2.58. The van der Waals surface area contributed by atoms with Crippen LogP contribution in [0.1, 0.15) is 51.5 Å². The molecule has 0 saturated heterocycles. The molecule has 4 bridgehead atoms. The third-order valence-electron chi connectivity index (χ3n) is 7.28. The fourth-order valence-electron chi connectivity index (χ4n) is 5.98. The highest BCUT2D eigenvalue weighted by Gasteiger charge is 2.59. The second kappa shape index (κ2) is 7.66. The van der Waals surface area contributed by atoms with Crippen LogP contribution in [0.3, 0.4) is 0 Å². The van der Waals surface area contributed by atoms with Crippen molar-refractivity contribution in [2.24, 2.45) is 28.2 Å². The van der Waals surface area contributed by atoms with Crippen LogP contribution in [0.25, 0.3) is 0 Å². The molecule has 0 heterocycles. The summed E-state index contributed by atoms with van der Waals surface area (Å²) in [6.45, 7) is 3.98. The van der Waals surface area contributed by atoms with Gasteiger partial charge in [-0.2, -0.15) is 10.3 Å². The second-order valence-electron chi connectivity index (χ2n) is 9.71. The Bertz CT molecular complexity index is 874. The van der Waals surface area contributed by atoms with Crippen molar-refractivity contribution in [3.05, 3.63) is 35.6 Å². The lowest BCUT2D eigenvalue weighted by atomic mass is 9.48. The lowest BCUT2D eigenvalue weighted by molar-refractivity contribution is -0.166. The molecule has 4 fully saturated rings. The summed E-state index contributed by atoms with van der Waals surface area (Å²) in [4.78, 5) is 16.0. The van der Waals surface area contributed by atoms with Gasteiger partial charge in [0.1, 0.15) is 17.3 Å². The fourth-order valence-corrected chi connectivity index (χ4v) is 5.98. The number of rotatable bonds is 6. The number of benzene rings is 1. The van der Waals surface area contributed by atoms with E-state index in [-0.39, 0.29) is 30.3 Å². The topological polar surface area (TPSA) is 94.7 Å². The van der Waals surface area contributed by atoms with Crippen molar-refractivity contribution in [2.75, 3.05) is 0 Å². The van der Waals surface area contributed by atoms with Gasteiger partial charge in [0.25, 0.3) is 0 Å². The molecule has 0 spiro atoms. The Labute approximate surface area is 176 Å². The lowest BCUT2D eigenvalue weighted by Crippen LogP contribution is -2.62. The molecule has 0 aliphatic heterocycles. The minimum absolute atomic E-state index is 0.106. The highest BCUT2D eigenvalue weighted by Crippen LogP contribution is 2.60. The Morgan fingerprint density at radius 2 is 1.93 bits per heavy atom. The van der Waals surface area contributed by atoms with Gasteiger partial charge in [-0.3, -0.25) is 4.79 Å². The first kappa shape index (κ1) is 20.8. The van der Waals surface area contributed by atoms with Crippen molar-refractivity contribution in [3.63, 3.8) is 0 Å². The molecular weight excluding hydrogens is 385 g/mol. The number of aliphatic carboxylic acids is 1. The second-order valence-corrected chi connectivity index (χ2v) is 9.71. The standard InChI is InChI=1S/C23H28FN3O3/c1-22(2,30-12-14-3-5-18(24)6-4-14)20(26-13-25)27-19-16-7-15-8-17(19)11-23(9-15,10-16)21(28)29/h3-6,15-17,19H,7-12H2,1-2H3,(H,26,27)(H,28,29). The van der Waals surface area contributed by atoms with Gasteiger partial charge in [0.15, 0.2) is 0 Å². The molecule has 4 aliphatic rings. The van der Waals surface area contributed by atoms with Crippen molar-refractivity contribution >= 4 is 11.8 Å². The molecule has 4 aliphatic carbocycles. The van der Waals surface area contributed by atoms with Crippen molar-refractivity contribution in [1.82, 2.24) is 5.32 Å². The van der Waals surface area contributed by atoms with Gasteiger partial charge in [-0.1, -0.05) is 12.1 Å². The monoisotopic (exact) mass is 413 g/mol. The average Bonchev–Trinajstić information content (AvgIpc) is 2.69. The van der Waals surface area contributed by atoms with Crippen LogP contribution < -0.4 is 5.32 Å². The van der Waals surface area contributed by atoms with E-state index >= 15 is 0 Å². The first-order valence-electron chi connectivity index (χ1n) is 10.6. The largest absolute Gasteiger partial charge is 0.481 e. The van der Waals surface area contributed by atoms with E-state index in [1.165, 1.54) is 12.1 Å². The first-order valence-corrected chi connectivity index (χ1v) is 10.6. The van der Waals surface area contributed by atoms with Gasteiger partial charge in [0.05, 0.1) is 12.0 Å². The van der Waals surface area contributed by atoms with Gasteiger partial charge in [-0.15, -0.1) is 0 Å². The van der Waals surface area contributed by atoms with E-state index in [9.17, 15) is 19.6 Å². The fraction of sp³-hybridized carbons (Fsp3) is 0.609. The Hall–Kier alpha value is -2.46. The Kier molecular flexibility index (Phi) is 5.31. The minimum atomic E-state index is -0.844. The van der Waals surface area contributed by atoms with Crippen molar-refractivity contribution < 1.29 is 19.0 Å². The zero-order valence-electron chi connectivity index (χ0n) is 17.4. The Morgan fingerprint density at radius 3 is 2.50 bits per heavy atom. The Balaban J connectivity index is 1.47. The number of hydrogen-bond acceptors (Lipinski definition) is 4. The van der Waals surface area contributed by atoms with Crippen LogP contribution in [0.4, 0.5) is 4.39 Å². The molecule has 5 rings (SSSR count). The molecule has 2 atom stereocenters. The van der Waals surface area contributed by atoms with Gasteiger partial charge in [-0.05, 0) is 81.4 Å². The van der Waals surface area contributed by atoms with Gasteiger partial charge in [0, 0.05) is 6.04 Å². The molecule has 4 saturated carbocycles. The zero-order chi connectivity index (χ0) is 21.5. The van der Waals surface area contributed by atoms with Gasteiger partial charge >= 0.3 is 5.97 Å². The molecule has 30 heavy (non-hydrogen) atoms. The Morgan fingerprint density at radius 1 is 1.30 bits per heavy atom. The van der Waals surface area contributed by atoms with E-state index in [0.29, 0.717) is 24.6 Å². The predicted octanol–water partition coefficient (Wildman–Crippen LogP) is 3.87. The summed E-state index contributed by atoms with van der Waals surface area (Å²) >= 11 is 0. The number of nitriles is 1. The molecule has 0 aromatic heterocycles. The van der Waals surface area contributed by atoms with E-state index in [2.05, 4.69) is 10.3 Å². The van der Waals surface area contributed by atoms with Crippen LogP contribution in [0, 0.1) is 40.4 Å². The number of ether oxygens (including phenoxy) is 1. The molecule has 0 radical (unpaired) electrons. The summed E-state index contributed by atoms with van der Waals surface area (Å²) in [5.74, 6) is 0.527. The number of halogens is 1. The predicted molar refractivity (Wildman–Crippen MR) is 109 cm³/mol. The number of aliphatic imine (C=N–C) groups is 1. The quantitative estimate of drug-likeness (QED) is 0.419. The van der Waals surface area contributed by atoms with Gasteiger partial charge in [-0.25, -0.2) is 4.39 Å². The molecule has 7 heteroatoms. The molecule has 1 aromatic carbocycles. The number of hydrogen-bond donors (Lipinski definition) is 2. The summed E-state index contributed by atoms with van der Waals surface area (Å²) in [7, 11) is 0. The van der Waals surface area contributed by atoms with Crippen LogP contribution in [0.2, 0.25) is 0 Å². The van der Waals surface area contributed by atoms with Crippen LogP contribution in [0.15, 0.2) is 29.3 Å². The maximum Gasteiger partial charge on any atom is 0.309 e. The van der Waals surface area contributed by atoms with Crippen molar-refractivity contribution in [1.29, 1.82) is 5.26 Å². The zero-order valence-corrected chi connectivity index (χ0v) is 17.4. The van der Waals surface area contributed by atoms with Crippen LogP contribution in [-0.4, -0.2) is 28.6 Å². The number of nitrogens with zero attached hydrogens (tertiary/aromatic N) is 2. The van der Waals surface area contributed by atoms with E-state index in [0.717, 1.165) is 24.8 Å². The van der Waals surface area contributed by atoms with Gasteiger partial charge < -0.3 is 15.2 Å². The molecule has 160 valence electrons. The van der Waals surface area contributed by atoms with E-state index in [1.54, 1.807) is 12.1 Å². The van der Waals surface area contributed by atoms with E-state index in [1.807, 2.05) is 20.0 Å². The maximum absolute atomic E-state index is 13.1. The molecule has 1 aromatic rings. The van der Waals surface area contributed by atoms with Gasteiger partial charge in [0.2, 0.25) is 6.19 Å². The molecule has 0 amide bonds. The smallest absolute Gasteiger partial charge is 0.309 e. The number of nitrogens with one attached hydrogen (secondary N) is 1. The molecule has 2 N–H and O–H groups in total. The molecular formula is C23H28FN3O3. The SMILES string of the molecule is CC(C)(OCc1ccc(F)cc1)/C(=N\C#N)NC1C2CC3CC1CC(C(=O)O)(C3)C2. The van der Waals surface area contributed by atoms with Crippen LogP contribution in [0.5, 0.6) is 0 Å². The third kappa shape index (κ3) is 3.81. The summed E-state index contributed by atoms with van der Waals surface area (Å²) in [6.07, 6.45) is 6.10. The van der Waals surface area contributed by atoms with Crippen molar-refractivity contribution in [2.45, 2.75) is 64.2 Å². The normalized spacial score (nSPS) is 32.7. The first-order chi connectivity index (χ1) is 14.2. The third-order valence-corrected chi connectivity index (χ3v) is 7.28. The molecule has 2 unspecified atom stereocenters. The molecule has 6 nitrogen and oxygen atoms in total. The highest BCUT2D eigenvalue weighted by atomic mass is 19.1. The summed E-state index contributed by atoms with van der Waals surface area (Å²) in [5.41, 5.74) is -0.585. The number of carbonyl (C=O) groups is 1. The van der Waals surface area contributed by atoms with E-state index < -0.39 is 17.0 Å². The minimum Gasteiger partial charge on any atom is -0.481 e. The van der Waals surface area contributed by atoms with Crippen LogP contribution in [-0.2, 0) is 16.1 Å². The highest BCUT2D eigenvalue weighted by molar-refractivity contribution is 5.91.